The van der Waals surface area contributed by atoms with E-state index in [0.29, 0.717) is 23.9 Å². The van der Waals surface area contributed by atoms with Crippen molar-refractivity contribution in [1.82, 2.24) is 0 Å². The van der Waals surface area contributed by atoms with Gasteiger partial charge in [0.25, 0.3) is 0 Å². The maximum Gasteiger partial charge on any atom is 0.306 e. The van der Waals surface area contributed by atoms with Crippen molar-refractivity contribution in [2.75, 3.05) is 47.5 Å². The van der Waals surface area contributed by atoms with Crippen molar-refractivity contribution in [2.45, 2.75) is 245 Å². The Balaban J connectivity index is 4.03. The Hall–Kier alpha value is -4.57. The zero-order chi connectivity index (χ0) is 57.6. The fourth-order valence-corrected chi connectivity index (χ4v) is 8.18. The largest absolute Gasteiger partial charge is 0.545 e. The van der Waals surface area contributed by atoms with Gasteiger partial charge in [-0.25, -0.2) is 0 Å². The normalized spacial score (nSPS) is 13.7. The second-order valence-corrected chi connectivity index (χ2v) is 21.6. The van der Waals surface area contributed by atoms with E-state index >= 15 is 0 Å². The van der Waals surface area contributed by atoms with E-state index in [1.54, 1.807) is 0 Å². The molecule has 0 aromatic rings. The SMILES string of the molecule is CC/C=C\C/C=C\C/C=C\C/C=C\C/C=C\C/C=C\C/C=C\CCCCCCCCCCCCCCCCCCCCCC(=O)OC(COC(=O)CC/C=C\C/C=C\C/C=C\C/C=C\CC)COC(OCC[N+](C)(C)C)C(=O)[O-]. The van der Waals surface area contributed by atoms with Crippen LogP contribution in [0.2, 0.25) is 0 Å². The summed E-state index contributed by atoms with van der Waals surface area (Å²) in [6.07, 6.45) is 82.8. The number of aliphatic carboxylic acids is 1. The van der Waals surface area contributed by atoms with Crippen molar-refractivity contribution < 1.29 is 42.9 Å². The highest BCUT2D eigenvalue weighted by molar-refractivity contribution is 5.70. The molecule has 0 amide bonds. The number of unbranched alkanes of at least 4 members (excludes halogenated alkanes) is 19. The predicted molar refractivity (Wildman–Crippen MR) is 333 cm³/mol. The van der Waals surface area contributed by atoms with Crippen molar-refractivity contribution in [3.05, 3.63) is 134 Å². The van der Waals surface area contributed by atoms with E-state index in [2.05, 4.69) is 135 Å². The Morgan fingerprint density at radius 3 is 1.06 bits per heavy atom. The standard InChI is InChI=1S/C70H115NO8/c1-6-8-10-12-14-16-18-20-21-22-23-24-25-26-27-28-29-30-31-32-33-34-35-36-37-38-39-40-41-42-43-44-45-46-47-49-51-53-55-57-59-61-68(73)79-66(65-78-70(69(74)75)76-63-62-71(3,4)5)64-77-67(72)60-58-56-54-52-50-48-19-17-15-13-11-9-7-2/h8-11,14-17,20-21,23-24,26-27,29-30,32-33,48,50,54,56,66,70H,6-7,12-13,18-19,22,25,28,31,34-47,49,51-53,55,57-65H2,1-5H3/b10-8-,11-9-,16-14-,17-15-,21-20-,24-23-,27-26-,30-29-,33-32-,50-48-,56-54-. The van der Waals surface area contributed by atoms with Gasteiger partial charge in [0.15, 0.2) is 12.4 Å². The van der Waals surface area contributed by atoms with Crippen LogP contribution < -0.4 is 5.11 Å². The molecule has 0 aliphatic rings. The molecule has 0 aliphatic heterocycles. The van der Waals surface area contributed by atoms with Gasteiger partial charge in [-0.05, 0) is 96.3 Å². The number of nitrogens with zero attached hydrogens (tertiary/aromatic N) is 1. The molecule has 0 aromatic heterocycles. The van der Waals surface area contributed by atoms with Crippen LogP contribution in [-0.4, -0.2) is 82.3 Å². The predicted octanol–water partition coefficient (Wildman–Crippen LogP) is 17.7. The molecule has 0 rings (SSSR count). The lowest BCUT2D eigenvalue weighted by Crippen LogP contribution is -2.44. The molecule has 0 heterocycles. The smallest absolute Gasteiger partial charge is 0.306 e. The molecule has 2 atom stereocenters. The van der Waals surface area contributed by atoms with E-state index in [-0.39, 0.29) is 32.7 Å². The third-order valence-electron chi connectivity index (χ3n) is 12.9. The van der Waals surface area contributed by atoms with E-state index in [1.807, 2.05) is 33.3 Å². The van der Waals surface area contributed by atoms with Gasteiger partial charge in [-0.15, -0.1) is 0 Å². The van der Waals surface area contributed by atoms with Crippen LogP contribution in [0.3, 0.4) is 0 Å². The van der Waals surface area contributed by atoms with Crippen LogP contribution in [0, 0.1) is 0 Å². The third kappa shape index (κ3) is 60.9. The quantitative estimate of drug-likeness (QED) is 0.0195. The summed E-state index contributed by atoms with van der Waals surface area (Å²) >= 11 is 0. The Labute approximate surface area is 484 Å². The average Bonchev–Trinajstić information content (AvgIpc) is 3.42. The lowest BCUT2D eigenvalue weighted by Gasteiger charge is -2.26. The van der Waals surface area contributed by atoms with Gasteiger partial charge in [-0.3, -0.25) is 9.59 Å². The van der Waals surface area contributed by atoms with Crippen molar-refractivity contribution >= 4 is 17.9 Å². The van der Waals surface area contributed by atoms with Gasteiger partial charge in [0.2, 0.25) is 0 Å². The zero-order valence-corrected chi connectivity index (χ0v) is 50.9. The summed E-state index contributed by atoms with van der Waals surface area (Å²) in [5.74, 6) is -2.40. The highest BCUT2D eigenvalue weighted by Gasteiger charge is 2.22. The molecule has 2 unspecified atom stereocenters. The molecular weight excluding hydrogens is 983 g/mol. The van der Waals surface area contributed by atoms with E-state index < -0.39 is 30.3 Å². The van der Waals surface area contributed by atoms with Crippen molar-refractivity contribution in [1.29, 1.82) is 0 Å². The number of carbonyl (C=O) groups excluding carboxylic acids is 3. The fraction of sp³-hybridized carbons (Fsp3) is 0.643. The number of quaternary nitrogens is 1. The fourth-order valence-electron chi connectivity index (χ4n) is 8.18. The number of allylic oxidation sites excluding steroid dienone is 22. The van der Waals surface area contributed by atoms with E-state index in [9.17, 15) is 19.5 Å². The molecule has 448 valence electrons. The van der Waals surface area contributed by atoms with Crippen LogP contribution in [0.4, 0.5) is 0 Å². The minimum absolute atomic E-state index is 0.133. The number of esters is 2. The Morgan fingerprint density at radius 2 is 0.709 bits per heavy atom. The van der Waals surface area contributed by atoms with Crippen molar-refractivity contribution in [2.24, 2.45) is 0 Å². The first-order valence-corrected chi connectivity index (χ1v) is 31.3. The van der Waals surface area contributed by atoms with Crippen LogP contribution in [-0.2, 0) is 33.3 Å². The summed E-state index contributed by atoms with van der Waals surface area (Å²) in [5, 5.41) is 11.8. The number of hydrogen-bond acceptors (Lipinski definition) is 8. The lowest BCUT2D eigenvalue weighted by atomic mass is 10.0. The second kappa shape index (κ2) is 59.5. The molecule has 0 spiro atoms. The van der Waals surface area contributed by atoms with Gasteiger partial charge in [0.1, 0.15) is 13.2 Å². The topological polar surface area (TPSA) is 111 Å². The van der Waals surface area contributed by atoms with Gasteiger partial charge in [-0.2, -0.15) is 0 Å². The molecule has 0 saturated carbocycles. The molecular formula is C70H115NO8. The molecule has 0 aliphatic carbocycles. The van der Waals surface area contributed by atoms with E-state index in [0.717, 1.165) is 89.9 Å². The summed E-state index contributed by atoms with van der Waals surface area (Å²) in [6, 6.07) is 0. The van der Waals surface area contributed by atoms with Crippen molar-refractivity contribution in [3.8, 4) is 0 Å². The minimum Gasteiger partial charge on any atom is -0.545 e. The summed E-state index contributed by atoms with van der Waals surface area (Å²) in [6.45, 7) is 4.42. The maximum atomic E-state index is 12.9. The number of likely N-dealkylation sites (N-methyl/N-ethyl adjacent to an activating group) is 1. The maximum absolute atomic E-state index is 12.9. The average molecular weight is 1100 g/mol. The summed E-state index contributed by atoms with van der Waals surface area (Å²) < 4.78 is 22.6. The highest BCUT2D eigenvalue weighted by atomic mass is 16.7. The molecule has 0 aromatic carbocycles. The first-order chi connectivity index (χ1) is 38.6. The van der Waals surface area contributed by atoms with E-state index in [4.69, 9.17) is 18.9 Å². The minimum atomic E-state index is -1.64. The highest BCUT2D eigenvalue weighted by Crippen LogP contribution is 2.16. The number of carboxylic acid groups (broad SMARTS) is 1. The van der Waals surface area contributed by atoms with Gasteiger partial charge < -0.3 is 33.3 Å². The first-order valence-electron chi connectivity index (χ1n) is 31.3. The van der Waals surface area contributed by atoms with Crippen LogP contribution in [0.1, 0.15) is 232 Å². The number of ether oxygens (including phenoxy) is 4. The van der Waals surface area contributed by atoms with Crippen molar-refractivity contribution in [3.63, 3.8) is 0 Å². The number of hydrogen-bond donors (Lipinski definition) is 0. The summed E-state index contributed by atoms with van der Waals surface area (Å²) in [4.78, 5) is 37.2. The Bertz CT molecular complexity index is 1750. The molecule has 0 saturated heterocycles. The number of carbonyl (C=O) groups is 3. The molecule has 9 heteroatoms. The van der Waals surface area contributed by atoms with Crippen LogP contribution in [0.15, 0.2) is 134 Å². The molecule has 79 heavy (non-hydrogen) atoms. The van der Waals surface area contributed by atoms with Gasteiger partial charge in [0.05, 0.1) is 40.3 Å². The van der Waals surface area contributed by atoms with Gasteiger partial charge in [0, 0.05) is 12.8 Å². The molecule has 0 fully saturated rings. The lowest BCUT2D eigenvalue weighted by molar-refractivity contribution is -0.870. The van der Waals surface area contributed by atoms with E-state index in [1.165, 1.54) is 103 Å². The monoisotopic (exact) mass is 1100 g/mol. The molecule has 0 N–H and O–H groups in total. The molecule has 0 radical (unpaired) electrons. The van der Waals surface area contributed by atoms with Crippen LogP contribution in [0.25, 0.3) is 0 Å². The first kappa shape index (κ1) is 74.4. The summed E-state index contributed by atoms with van der Waals surface area (Å²) in [5.41, 5.74) is 0. The second-order valence-electron chi connectivity index (χ2n) is 21.6. The van der Waals surface area contributed by atoms with Crippen LogP contribution >= 0.6 is 0 Å². The Morgan fingerprint density at radius 1 is 0.380 bits per heavy atom. The third-order valence-corrected chi connectivity index (χ3v) is 12.9. The number of carboxylic acids is 1. The van der Waals surface area contributed by atoms with Crippen LogP contribution in [0.5, 0.6) is 0 Å². The summed E-state index contributed by atoms with van der Waals surface area (Å²) in [7, 11) is 5.89. The number of rotatable bonds is 56. The van der Waals surface area contributed by atoms with Gasteiger partial charge in [-0.1, -0.05) is 257 Å². The zero-order valence-electron chi connectivity index (χ0n) is 50.9. The Kier molecular flexibility index (Phi) is 56.1. The van der Waals surface area contributed by atoms with Gasteiger partial charge >= 0.3 is 11.9 Å². The molecule has 0 bridgehead atoms. The molecule has 9 nitrogen and oxygen atoms in total.